The van der Waals surface area contributed by atoms with Gasteiger partial charge in [-0.2, -0.15) is 5.10 Å². The van der Waals surface area contributed by atoms with Crippen LogP contribution >= 0.6 is 0 Å². The standard InChI is InChI=1S/C29H29FN6O4/c1-20(37)32-18-25-19-36(29(39)40-25)24-8-9-26(27(30)15-24)22-6-4-21(5-7-22)16-33-35-13-11-34(12-14-35)28(38)23-3-2-10-31-17-23/h2-10,15-17,25H,11-14,18-19H2,1H3,(H,32,37)/b33-16+/t25-/m0/s1. The van der Waals surface area contributed by atoms with Crippen molar-refractivity contribution in [2.45, 2.75) is 13.0 Å². The molecule has 0 radical (unpaired) electrons. The summed E-state index contributed by atoms with van der Waals surface area (Å²) in [5.41, 5.74) is 2.93. The van der Waals surface area contributed by atoms with Crippen LogP contribution in [0.5, 0.6) is 0 Å². The lowest BCUT2D eigenvalue weighted by Gasteiger charge is -2.33. The zero-order valence-electron chi connectivity index (χ0n) is 22.0. The Morgan fingerprint density at radius 1 is 1.12 bits per heavy atom. The smallest absolute Gasteiger partial charge is 0.414 e. The van der Waals surface area contributed by atoms with Crippen molar-refractivity contribution < 1.29 is 23.5 Å². The van der Waals surface area contributed by atoms with E-state index in [1.807, 2.05) is 29.3 Å². The fourth-order valence-corrected chi connectivity index (χ4v) is 4.59. The van der Waals surface area contributed by atoms with Crippen molar-refractivity contribution in [3.8, 4) is 11.1 Å². The van der Waals surface area contributed by atoms with E-state index < -0.39 is 18.0 Å². The second-order valence-electron chi connectivity index (χ2n) is 9.57. The molecule has 3 heterocycles. The van der Waals surface area contributed by atoms with E-state index in [0.29, 0.717) is 48.6 Å². The largest absolute Gasteiger partial charge is 0.442 e. The number of cyclic esters (lactones) is 1. The average Bonchev–Trinajstić information content (AvgIpc) is 3.36. The summed E-state index contributed by atoms with van der Waals surface area (Å²) in [5.74, 6) is -0.704. The van der Waals surface area contributed by atoms with Crippen LogP contribution in [0.25, 0.3) is 11.1 Å². The third-order valence-corrected chi connectivity index (χ3v) is 6.76. The van der Waals surface area contributed by atoms with Crippen molar-refractivity contribution in [3.05, 3.63) is 83.9 Å². The molecular weight excluding hydrogens is 515 g/mol. The number of carbonyl (C=O) groups excluding carboxylic acids is 3. The first kappa shape index (κ1) is 26.8. The van der Waals surface area contributed by atoms with Crippen molar-refractivity contribution in [3.63, 3.8) is 0 Å². The van der Waals surface area contributed by atoms with E-state index in [2.05, 4.69) is 15.4 Å². The fourth-order valence-electron chi connectivity index (χ4n) is 4.59. The molecule has 0 spiro atoms. The van der Waals surface area contributed by atoms with E-state index in [1.165, 1.54) is 17.9 Å². The van der Waals surface area contributed by atoms with Crippen molar-refractivity contribution in [1.82, 2.24) is 20.2 Å². The molecule has 2 saturated heterocycles. The van der Waals surface area contributed by atoms with Crippen molar-refractivity contribution in [2.24, 2.45) is 5.10 Å². The summed E-state index contributed by atoms with van der Waals surface area (Å²) in [6.07, 6.45) is 3.90. The molecule has 3 amide bonds. The first-order valence-corrected chi connectivity index (χ1v) is 13.0. The molecule has 0 bridgehead atoms. The number of nitrogens with one attached hydrogen (secondary N) is 1. The molecule has 1 N–H and O–H groups in total. The number of nitrogens with zero attached hydrogens (tertiary/aromatic N) is 5. The maximum atomic E-state index is 15.1. The topological polar surface area (TPSA) is 107 Å². The van der Waals surface area contributed by atoms with Crippen LogP contribution in [0.2, 0.25) is 0 Å². The third kappa shape index (κ3) is 6.25. The minimum absolute atomic E-state index is 0.0286. The van der Waals surface area contributed by atoms with Crippen molar-refractivity contribution in [1.29, 1.82) is 0 Å². The quantitative estimate of drug-likeness (QED) is 0.458. The summed E-state index contributed by atoms with van der Waals surface area (Å²) in [5, 5.41) is 9.08. The summed E-state index contributed by atoms with van der Waals surface area (Å²) in [6, 6.07) is 15.5. The molecule has 0 saturated carbocycles. The number of hydrazone groups is 1. The lowest BCUT2D eigenvalue weighted by atomic mass is 10.0. The van der Waals surface area contributed by atoms with Crippen molar-refractivity contribution >= 4 is 29.8 Å². The summed E-state index contributed by atoms with van der Waals surface area (Å²) in [7, 11) is 0. The molecule has 40 heavy (non-hydrogen) atoms. The average molecular weight is 545 g/mol. The molecule has 11 heteroatoms. The van der Waals surface area contributed by atoms with Gasteiger partial charge in [0.05, 0.1) is 43.6 Å². The number of hydrogen-bond donors (Lipinski definition) is 1. The molecular formula is C29H29FN6O4. The predicted molar refractivity (Wildman–Crippen MR) is 147 cm³/mol. The van der Waals surface area contributed by atoms with Crippen LogP contribution in [0.3, 0.4) is 0 Å². The molecule has 0 unspecified atom stereocenters. The molecule has 1 atom stereocenters. The van der Waals surface area contributed by atoms with Crippen LogP contribution in [0.4, 0.5) is 14.9 Å². The second kappa shape index (κ2) is 11.9. The number of halogens is 1. The minimum Gasteiger partial charge on any atom is -0.442 e. The lowest BCUT2D eigenvalue weighted by Crippen LogP contribution is -2.46. The predicted octanol–water partition coefficient (Wildman–Crippen LogP) is 3.14. The summed E-state index contributed by atoms with van der Waals surface area (Å²) >= 11 is 0. The SMILES string of the molecule is CC(=O)NC[C@H]1CN(c2ccc(-c3ccc(/C=N/N4CCN(C(=O)c5cccnc5)CC4)cc3)c(F)c2)C(=O)O1. The van der Waals surface area contributed by atoms with E-state index in [0.717, 1.165) is 5.56 Å². The van der Waals surface area contributed by atoms with Gasteiger partial charge in [0.15, 0.2) is 0 Å². The third-order valence-electron chi connectivity index (χ3n) is 6.76. The van der Waals surface area contributed by atoms with Crippen molar-refractivity contribution in [2.75, 3.05) is 44.2 Å². The Hall–Kier alpha value is -4.80. The summed E-state index contributed by atoms with van der Waals surface area (Å²) in [4.78, 5) is 43.1. The minimum atomic E-state index is -0.576. The van der Waals surface area contributed by atoms with Gasteiger partial charge in [0, 0.05) is 38.0 Å². The van der Waals surface area contributed by atoms with E-state index in [-0.39, 0.29) is 24.9 Å². The number of pyridine rings is 1. The summed E-state index contributed by atoms with van der Waals surface area (Å²) in [6.45, 7) is 4.21. The van der Waals surface area contributed by atoms with Gasteiger partial charge >= 0.3 is 6.09 Å². The Morgan fingerprint density at radius 3 is 2.58 bits per heavy atom. The number of rotatable bonds is 7. The van der Waals surface area contributed by atoms with Gasteiger partial charge in [0.25, 0.3) is 5.91 Å². The Labute approximate surface area is 231 Å². The van der Waals surface area contributed by atoms with Gasteiger partial charge in [-0.3, -0.25) is 24.5 Å². The normalized spacial score (nSPS) is 17.3. The van der Waals surface area contributed by atoms with E-state index >= 15 is 4.39 Å². The first-order chi connectivity index (χ1) is 19.4. The highest BCUT2D eigenvalue weighted by atomic mass is 19.1. The van der Waals surface area contributed by atoms with Crippen LogP contribution in [-0.2, 0) is 9.53 Å². The molecule has 1 aromatic heterocycles. The van der Waals surface area contributed by atoms with Gasteiger partial charge in [-0.15, -0.1) is 0 Å². The van der Waals surface area contributed by atoms with E-state index in [9.17, 15) is 14.4 Å². The molecule has 10 nitrogen and oxygen atoms in total. The van der Waals surface area contributed by atoms with E-state index in [4.69, 9.17) is 4.74 Å². The Kier molecular flexibility index (Phi) is 7.99. The zero-order chi connectivity index (χ0) is 28.1. The van der Waals surface area contributed by atoms with Crippen LogP contribution in [0.1, 0.15) is 22.8 Å². The maximum Gasteiger partial charge on any atom is 0.414 e. The number of hydrogen-bond acceptors (Lipinski definition) is 7. The number of anilines is 1. The Balaban J connectivity index is 1.16. The Bertz CT molecular complexity index is 1410. The van der Waals surface area contributed by atoms with Gasteiger partial charge in [-0.25, -0.2) is 9.18 Å². The second-order valence-corrected chi connectivity index (χ2v) is 9.57. The fraction of sp³-hybridized carbons (Fsp3) is 0.276. The van der Waals surface area contributed by atoms with Crippen LogP contribution in [0.15, 0.2) is 72.1 Å². The van der Waals surface area contributed by atoms with Gasteiger partial charge in [0.1, 0.15) is 11.9 Å². The first-order valence-electron chi connectivity index (χ1n) is 13.0. The molecule has 2 aliphatic heterocycles. The van der Waals surface area contributed by atoms with Gasteiger partial charge < -0.3 is 15.0 Å². The zero-order valence-corrected chi connectivity index (χ0v) is 22.0. The highest BCUT2D eigenvalue weighted by Crippen LogP contribution is 2.29. The summed E-state index contributed by atoms with van der Waals surface area (Å²) < 4.78 is 20.3. The molecule has 2 aliphatic rings. The number of ether oxygens (including phenoxy) is 1. The van der Waals surface area contributed by atoms with Gasteiger partial charge in [-0.05, 0) is 41.5 Å². The molecule has 5 rings (SSSR count). The number of aromatic nitrogens is 1. The van der Waals surface area contributed by atoms with Crippen LogP contribution in [0, 0.1) is 5.82 Å². The highest BCUT2D eigenvalue weighted by Gasteiger charge is 2.32. The molecule has 0 aliphatic carbocycles. The molecule has 2 aromatic carbocycles. The van der Waals surface area contributed by atoms with E-state index in [1.54, 1.807) is 47.8 Å². The number of carbonyl (C=O) groups is 3. The Morgan fingerprint density at radius 2 is 1.90 bits per heavy atom. The number of amides is 3. The number of benzene rings is 2. The van der Waals surface area contributed by atoms with Crippen LogP contribution in [-0.4, -0.2) is 84.4 Å². The maximum absolute atomic E-state index is 15.1. The lowest BCUT2D eigenvalue weighted by molar-refractivity contribution is -0.119. The highest BCUT2D eigenvalue weighted by molar-refractivity contribution is 5.94. The molecule has 3 aromatic rings. The van der Waals surface area contributed by atoms with Gasteiger partial charge in [-0.1, -0.05) is 24.3 Å². The number of piperazine rings is 1. The molecule has 206 valence electrons. The monoisotopic (exact) mass is 544 g/mol. The van der Waals surface area contributed by atoms with Crippen LogP contribution < -0.4 is 10.2 Å². The van der Waals surface area contributed by atoms with Gasteiger partial charge in [0.2, 0.25) is 5.91 Å². The molecule has 2 fully saturated rings.